The molecular formula is C37H47F3O5. The summed E-state index contributed by atoms with van der Waals surface area (Å²) in [4.78, 5) is 13.3. The third-order valence-corrected chi connectivity index (χ3v) is 8.45. The van der Waals surface area contributed by atoms with Crippen molar-refractivity contribution in [1.29, 1.82) is 0 Å². The van der Waals surface area contributed by atoms with Crippen LogP contribution in [0.5, 0.6) is 11.5 Å². The summed E-state index contributed by atoms with van der Waals surface area (Å²) < 4.78 is 60.2. The number of benzene rings is 2. The van der Waals surface area contributed by atoms with Gasteiger partial charge in [0.05, 0.1) is 0 Å². The number of carbonyl (C=O) groups is 1. The average molecular weight is 629 g/mol. The Bertz CT molecular complexity index is 1410. The smallest absolute Gasteiger partial charge is 0.432 e. The topological polar surface area (TPSA) is 65.0 Å². The summed E-state index contributed by atoms with van der Waals surface area (Å²) >= 11 is 0. The maximum Gasteiger partial charge on any atom is 0.432 e. The van der Waals surface area contributed by atoms with Crippen molar-refractivity contribution in [1.82, 2.24) is 0 Å². The summed E-state index contributed by atoms with van der Waals surface area (Å²) in [5.74, 6) is -0.361. The van der Waals surface area contributed by atoms with Gasteiger partial charge >= 0.3 is 12.1 Å². The highest BCUT2D eigenvalue weighted by Gasteiger charge is 2.64. The molecule has 1 aliphatic heterocycles. The van der Waals surface area contributed by atoms with E-state index >= 15 is 0 Å². The number of hydrogen-bond donors (Lipinski definition) is 1. The van der Waals surface area contributed by atoms with Gasteiger partial charge < -0.3 is 19.3 Å². The summed E-state index contributed by atoms with van der Waals surface area (Å²) in [7, 11) is 0.872. The van der Waals surface area contributed by atoms with Crippen molar-refractivity contribution in [3.05, 3.63) is 94.1 Å². The number of esters is 1. The monoisotopic (exact) mass is 628 g/mol. The first kappa shape index (κ1) is 36.0. The third kappa shape index (κ3) is 9.03. The Morgan fingerprint density at radius 3 is 2.38 bits per heavy atom. The van der Waals surface area contributed by atoms with Crippen molar-refractivity contribution in [2.75, 3.05) is 7.11 Å². The van der Waals surface area contributed by atoms with Crippen LogP contribution in [0.3, 0.4) is 0 Å². The van der Waals surface area contributed by atoms with E-state index in [0.29, 0.717) is 12.0 Å². The number of aromatic hydroxyl groups is 1. The number of halogens is 3. The first-order chi connectivity index (χ1) is 21.1. The first-order valence-electron chi connectivity index (χ1n) is 15.5. The minimum atomic E-state index is -5.04. The fourth-order valence-electron chi connectivity index (χ4n) is 5.68. The summed E-state index contributed by atoms with van der Waals surface area (Å²) in [6, 6.07) is 10.4. The maximum atomic E-state index is 14.4. The van der Waals surface area contributed by atoms with Gasteiger partial charge in [-0.1, -0.05) is 59.7 Å². The lowest BCUT2D eigenvalue weighted by molar-refractivity contribution is -0.277. The molecule has 1 heterocycles. The van der Waals surface area contributed by atoms with Gasteiger partial charge in [-0.2, -0.15) is 13.2 Å². The number of rotatable bonds is 13. The van der Waals surface area contributed by atoms with E-state index < -0.39 is 23.9 Å². The summed E-state index contributed by atoms with van der Waals surface area (Å²) in [5, 5.41) is 9.90. The van der Waals surface area contributed by atoms with E-state index in [0.717, 1.165) is 61.7 Å². The second-order valence-electron chi connectivity index (χ2n) is 12.5. The van der Waals surface area contributed by atoms with Crippen LogP contribution in [0.1, 0.15) is 89.8 Å². The molecule has 0 saturated carbocycles. The molecule has 3 atom stereocenters. The van der Waals surface area contributed by atoms with Gasteiger partial charge in [-0.15, -0.1) is 0 Å². The lowest BCUT2D eigenvalue weighted by atomic mass is 9.87. The molecule has 2 aromatic rings. The molecule has 1 N–H and O–H groups in total. The summed E-state index contributed by atoms with van der Waals surface area (Å²) in [6.45, 7) is 11.7. The number of aryl methyl sites for hydroxylation is 2. The van der Waals surface area contributed by atoms with Gasteiger partial charge in [-0.3, -0.25) is 0 Å². The van der Waals surface area contributed by atoms with Gasteiger partial charge in [0.2, 0.25) is 0 Å². The molecule has 2 aromatic carbocycles. The lowest BCUT2D eigenvalue weighted by Crippen LogP contribution is -2.52. The van der Waals surface area contributed by atoms with Crippen molar-refractivity contribution in [3.63, 3.8) is 0 Å². The van der Waals surface area contributed by atoms with Gasteiger partial charge in [-0.05, 0) is 109 Å². The number of carbonyl (C=O) groups excluding carboxylic acids is 1. The van der Waals surface area contributed by atoms with Crippen LogP contribution in [0.4, 0.5) is 13.2 Å². The second-order valence-corrected chi connectivity index (χ2v) is 12.5. The van der Waals surface area contributed by atoms with Crippen molar-refractivity contribution in [2.45, 2.75) is 110 Å². The fraction of sp³-hybridized carbons (Fsp3) is 0.486. The van der Waals surface area contributed by atoms with Gasteiger partial charge in [-0.25, -0.2) is 4.79 Å². The van der Waals surface area contributed by atoms with Crippen LogP contribution in [0.2, 0.25) is 0 Å². The van der Waals surface area contributed by atoms with Crippen LogP contribution < -0.4 is 4.74 Å². The zero-order valence-electron chi connectivity index (χ0n) is 27.5. The summed E-state index contributed by atoms with van der Waals surface area (Å²) in [5.41, 5.74) is 0.945. The van der Waals surface area contributed by atoms with Crippen LogP contribution >= 0.6 is 0 Å². The molecule has 0 unspecified atom stereocenters. The molecule has 1 aliphatic rings. The molecule has 0 radical (unpaired) electrons. The standard InChI is InChI=1S/C37H47F3O5/c1-25(2)18-19-32(44-34(42)36(43-7,37(38,39)40)30-16-9-8-10-17-30)27(4)15-11-13-26(3)14-12-21-35(6)22-20-29-24-31(41)23-28(5)33(29)45-35/h8-10,14-18,23-24,32,41H,11-13,19-22H2,1-7H3/b26-14+,27-15+/t32-,35-,36+/m1/s1. The Balaban J connectivity index is 1.66. The molecule has 3 rings (SSSR count). The van der Waals surface area contributed by atoms with E-state index in [2.05, 4.69) is 19.9 Å². The van der Waals surface area contributed by atoms with Crippen LogP contribution in [-0.4, -0.2) is 36.1 Å². The SMILES string of the molecule is CO[C@](C(=O)O[C@H](CC=C(C)C)/C(C)=C/CC/C(C)=C/CC[C@]1(C)CCc2cc(O)cc(C)c2O1)(c1ccccc1)C(F)(F)F. The van der Waals surface area contributed by atoms with Gasteiger partial charge in [0.1, 0.15) is 23.2 Å². The number of hydrogen-bond acceptors (Lipinski definition) is 5. The molecule has 5 nitrogen and oxygen atoms in total. The minimum Gasteiger partial charge on any atom is -0.508 e. The van der Waals surface area contributed by atoms with Crippen molar-refractivity contribution in [3.8, 4) is 11.5 Å². The predicted octanol–water partition coefficient (Wildman–Crippen LogP) is 9.61. The molecule has 0 amide bonds. The van der Waals surface area contributed by atoms with E-state index in [1.807, 2.05) is 32.9 Å². The van der Waals surface area contributed by atoms with Crippen LogP contribution in [0.25, 0.3) is 0 Å². The van der Waals surface area contributed by atoms with Gasteiger partial charge in [0, 0.05) is 19.1 Å². The predicted molar refractivity (Wildman–Crippen MR) is 171 cm³/mol. The number of phenolic OH excluding ortho intramolecular Hbond substituents is 1. The number of fused-ring (bicyclic) bond motifs is 1. The number of methoxy groups -OCH3 is 1. The second kappa shape index (κ2) is 15.2. The fourth-order valence-corrected chi connectivity index (χ4v) is 5.68. The molecule has 246 valence electrons. The lowest BCUT2D eigenvalue weighted by Gasteiger charge is -2.36. The maximum absolute atomic E-state index is 14.4. The zero-order chi connectivity index (χ0) is 33.4. The van der Waals surface area contributed by atoms with E-state index in [9.17, 15) is 23.1 Å². The highest BCUT2D eigenvalue weighted by Crippen LogP contribution is 2.44. The minimum absolute atomic E-state index is 0.248. The van der Waals surface area contributed by atoms with E-state index in [1.165, 1.54) is 29.8 Å². The average Bonchev–Trinajstić information content (AvgIpc) is 2.96. The summed E-state index contributed by atoms with van der Waals surface area (Å²) in [6.07, 6.45) is 5.13. The van der Waals surface area contributed by atoms with Crippen molar-refractivity contribution in [2.24, 2.45) is 0 Å². The van der Waals surface area contributed by atoms with Crippen LogP contribution in [0, 0.1) is 6.92 Å². The third-order valence-electron chi connectivity index (χ3n) is 8.45. The Labute approximate surface area is 265 Å². The quantitative estimate of drug-likeness (QED) is 0.177. The Morgan fingerprint density at radius 1 is 1.07 bits per heavy atom. The van der Waals surface area contributed by atoms with Crippen LogP contribution in [-0.2, 0) is 26.3 Å². The number of phenols is 1. The highest BCUT2D eigenvalue weighted by atomic mass is 19.4. The number of alkyl halides is 3. The highest BCUT2D eigenvalue weighted by molar-refractivity contribution is 5.83. The molecule has 0 spiro atoms. The Kier molecular flexibility index (Phi) is 12.1. The normalized spacial score (nSPS) is 19.2. The first-order valence-corrected chi connectivity index (χ1v) is 15.5. The molecular weight excluding hydrogens is 581 g/mol. The van der Waals surface area contributed by atoms with Crippen LogP contribution in [0.15, 0.2) is 77.4 Å². The van der Waals surface area contributed by atoms with Gasteiger partial charge in [0.15, 0.2) is 0 Å². The molecule has 45 heavy (non-hydrogen) atoms. The zero-order valence-corrected chi connectivity index (χ0v) is 27.5. The molecule has 0 bridgehead atoms. The molecule has 0 saturated heterocycles. The molecule has 0 aliphatic carbocycles. The molecule has 0 fully saturated rings. The van der Waals surface area contributed by atoms with Crippen molar-refractivity contribution < 1.29 is 37.3 Å². The van der Waals surface area contributed by atoms with E-state index in [-0.39, 0.29) is 23.3 Å². The number of allylic oxidation sites excluding steroid dienone is 4. The Morgan fingerprint density at radius 2 is 1.76 bits per heavy atom. The van der Waals surface area contributed by atoms with Gasteiger partial charge in [0.25, 0.3) is 5.60 Å². The van der Waals surface area contributed by atoms with E-state index in [4.69, 9.17) is 14.2 Å². The number of ether oxygens (including phenoxy) is 3. The molecule has 8 heteroatoms. The Hall–Kier alpha value is -3.52. The van der Waals surface area contributed by atoms with E-state index in [1.54, 1.807) is 25.1 Å². The van der Waals surface area contributed by atoms with Crippen molar-refractivity contribution >= 4 is 5.97 Å². The molecule has 0 aromatic heterocycles. The largest absolute Gasteiger partial charge is 0.508 e.